The molecule has 0 aliphatic carbocycles. The van der Waals surface area contributed by atoms with Gasteiger partial charge in [0.1, 0.15) is 0 Å². The summed E-state index contributed by atoms with van der Waals surface area (Å²) in [5.41, 5.74) is 26.7. The third kappa shape index (κ3) is 17.3. The van der Waals surface area contributed by atoms with Crippen molar-refractivity contribution in [1.82, 2.24) is 0 Å². The van der Waals surface area contributed by atoms with E-state index in [4.69, 9.17) is 0 Å². The Morgan fingerprint density at radius 1 is 0.208 bits per heavy atom. The fourth-order valence-corrected chi connectivity index (χ4v) is 8.34. The van der Waals surface area contributed by atoms with Gasteiger partial charge in [-0.15, -0.1) is 0 Å². The summed E-state index contributed by atoms with van der Waals surface area (Å²) in [6.45, 7) is 21.3. The van der Waals surface area contributed by atoms with Crippen LogP contribution in [0.5, 0.6) is 0 Å². The molecule has 0 bridgehead atoms. The Hall–Kier alpha value is -7.80. The molecule has 0 saturated carbocycles. The van der Waals surface area contributed by atoms with Gasteiger partial charge < -0.3 is 0 Å². The Morgan fingerprint density at radius 2 is 0.556 bits per heavy atom. The van der Waals surface area contributed by atoms with Crippen molar-refractivity contribution in [3.63, 3.8) is 0 Å². The second-order valence-electron chi connectivity index (χ2n) is 19.3. The Labute approximate surface area is 433 Å². The summed E-state index contributed by atoms with van der Waals surface area (Å²) < 4.78 is 0. The van der Waals surface area contributed by atoms with Crippen LogP contribution in [0.1, 0.15) is 77.9 Å². The van der Waals surface area contributed by atoms with Crippen molar-refractivity contribution in [2.24, 2.45) is 0 Å². The normalized spacial score (nSPS) is 10.2. The molecule has 0 aliphatic rings. The fraction of sp³-hybridized carbons (Fsp3) is 0.167. The van der Waals surface area contributed by atoms with Crippen molar-refractivity contribution < 1.29 is 0 Å². The van der Waals surface area contributed by atoms with Gasteiger partial charge in [0.25, 0.3) is 0 Å². The zero-order valence-electron chi connectivity index (χ0n) is 44.5. The largest absolute Gasteiger partial charge is 0.0622 e. The highest BCUT2D eigenvalue weighted by molar-refractivity contribution is 5.72. The molecule has 0 fully saturated rings. The van der Waals surface area contributed by atoms with Crippen LogP contribution in [0.4, 0.5) is 0 Å². The molecular weight excluding hydrogens is 865 g/mol. The topological polar surface area (TPSA) is 0 Å². The van der Waals surface area contributed by atoms with Gasteiger partial charge in [0, 0.05) is 0 Å². The minimum Gasteiger partial charge on any atom is -0.0622 e. The molecule has 10 rings (SSSR count). The van der Waals surface area contributed by atoms with Gasteiger partial charge >= 0.3 is 0 Å². The van der Waals surface area contributed by atoms with Crippen LogP contribution in [0.2, 0.25) is 0 Å². The molecule has 0 heterocycles. The van der Waals surface area contributed by atoms with E-state index in [-0.39, 0.29) is 0 Å². The SMILES string of the molecule is Cc1ccc(-c2ccc(C)cc2)cc1.Cc1ccc(C)cc1.Cc1ccc(Cc2ccc(C)cc2-c2ccccc2C)cc1.Cc1ccccc1.Cc1ccccc1-c1cc(Cc2ccccc2)ccc1C. The van der Waals surface area contributed by atoms with Gasteiger partial charge in [0.05, 0.1) is 0 Å². The third-order valence-corrected chi connectivity index (χ3v) is 12.8. The summed E-state index contributed by atoms with van der Waals surface area (Å²) >= 11 is 0. The van der Waals surface area contributed by atoms with Crippen molar-refractivity contribution in [2.45, 2.75) is 82.1 Å². The molecule has 10 aromatic rings. The summed E-state index contributed by atoms with van der Waals surface area (Å²) in [5.74, 6) is 0. The lowest BCUT2D eigenvalue weighted by molar-refractivity contribution is 1.18. The lowest BCUT2D eigenvalue weighted by Gasteiger charge is -2.13. The van der Waals surface area contributed by atoms with E-state index in [2.05, 4.69) is 294 Å². The molecule has 0 aromatic heterocycles. The summed E-state index contributed by atoms with van der Waals surface area (Å²) in [4.78, 5) is 0. The average Bonchev–Trinajstić information content (AvgIpc) is 3.39. The Kier molecular flexibility index (Phi) is 20.5. The van der Waals surface area contributed by atoms with Crippen LogP contribution < -0.4 is 0 Å². The van der Waals surface area contributed by atoms with Gasteiger partial charge in [-0.05, 0) is 154 Å². The molecule has 0 atom stereocenters. The molecule has 0 unspecified atom stereocenters. The van der Waals surface area contributed by atoms with Crippen molar-refractivity contribution >= 4 is 0 Å². The van der Waals surface area contributed by atoms with Gasteiger partial charge in [0.2, 0.25) is 0 Å². The third-order valence-electron chi connectivity index (χ3n) is 12.8. The first kappa shape index (κ1) is 53.5. The fourth-order valence-electron chi connectivity index (χ4n) is 8.34. The van der Waals surface area contributed by atoms with Crippen LogP contribution >= 0.6 is 0 Å². The maximum absolute atomic E-state index is 2.34. The number of hydrogen-bond acceptors (Lipinski definition) is 0. The van der Waals surface area contributed by atoms with Crippen molar-refractivity contribution in [2.75, 3.05) is 0 Å². The van der Waals surface area contributed by atoms with Gasteiger partial charge in [-0.2, -0.15) is 0 Å². The quantitative estimate of drug-likeness (QED) is 0.149. The number of benzene rings is 10. The maximum atomic E-state index is 2.34. The highest BCUT2D eigenvalue weighted by Crippen LogP contribution is 2.31. The highest BCUT2D eigenvalue weighted by atomic mass is 14.1. The zero-order valence-corrected chi connectivity index (χ0v) is 44.5. The Balaban J connectivity index is 0.000000156. The Bertz CT molecular complexity index is 3090. The number of hydrogen-bond donors (Lipinski definition) is 0. The molecule has 0 N–H and O–H groups in total. The molecule has 0 amide bonds. The first-order valence-corrected chi connectivity index (χ1v) is 25.4. The molecule has 0 heteroatoms. The van der Waals surface area contributed by atoms with Crippen molar-refractivity contribution in [3.05, 3.63) is 321 Å². The van der Waals surface area contributed by atoms with Crippen LogP contribution in [0, 0.1) is 69.2 Å². The van der Waals surface area contributed by atoms with E-state index in [1.54, 1.807) is 0 Å². The second kappa shape index (κ2) is 27.6. The molecule has 0 nitrogen and oxygen atoms in total. The van der Waals surface area contributed by atoms with Crippen LogP contribution in [-0.4, -0.2) is 0 Å². The van der Waals surface area contributed by atoms with Gasteiger partial charge in [0.15, 0.2) is 0 Å². The van der Waals surface area contributed by atoms with E-state index in [1.807, 2.05) is 18.2 Å². The molecule has 10 aromatic carbocycles. The predicted molar refractivity (Wildman–Crippen MR) is 314 cm³/mol. The van der Waals surface area contributed by atoms with Crippen LogP contribution in [-0.2, 0) is 12.8 Å². The van der Waals surface area contributed by atoms with Crippen molar-refractivity contribution in [3.8, 4) is 33.4 Å². The van der Waals surface area contributed by atoms with Crippen LogP contribution in [0.15, 0.2) is 243 Å². The lowest BCUT2D eigenvalue weighted by Crippen LogP contribution is -1.95. The van der Waals surface area contributed by atoms with E-state index >= 15 is 0 Å². The minimum absolute atomic E-state index is 0.976. The first-order valence-electron chi connectivity index (χ1n) is 25.4. The molecule has 362 valence electrons. The van der Waals surface area contributed by atoms with Crippen molar-refractivity contribution in [1.29, 1.82) is 0 Å². The van der Waals surface area contributed by atoms with E-state index in [1.165, 1.54) is 111 Å². The van der Waals surface area contributed by atoms with Gasteiger partial charge in [-0.1, -0.05) is 282 Å². The number of rotatable bonds is 7. The second-order valence-corrected chi connectivity index (χ2v) is 19.3. The standard InChI is InChI=1S/C22H22.C21H20.C14H14.C8H10.C7H8/c1-16-8-11-19(12-9-16)15-20-13-10-17(2)14-22(20)21-7-5-4-6-18(21)3;1-16-8-6-7-11-20(16)21-15-19(13-12-17(21)2)14-18-9-4-3-5-10-18;1-11-3-7-13(8-4-11)14-9-5-12(2)6-10-14;1-7-3-5-8(2)6-4-7;1-7-5-3-2-4-6-7/h4-14H,15H2,1-3H3;3-13,15H,14H2,1-2H3;3-10H,1-2H3;3-6H,1-2H3;2-6H,1H3. The Morgan fingerprint density at radius 3 is 1.01 bits per heavy atom. The summed E-state index contributed by atoms with van der Waals surface area (Å²) in [5, 5.41) is 0. The van der Waals surface area contributed by atoms with E-state index in [9.17, 15) is 0 Å². The zero-order chi connectivity index (χ0) is 51.2. The number of aryl methyl sites for hydroxylation is 10. The smallest absolute Gasteiger partial charge is 0.00196 e. The first-order chi connectivity index (χ1) is 34.8. The summed E-state index contributed by atoms with van der Waals surface area (Å²) in [7, 11) is 0. The van der Waals surface area contributed by atoms with E-state index < -0.39 is 0 Å². The van der Waals surface area contributed by atoms with Crippen LogP contribution in [0.25, 0.3) is 33.4 Å². The summed E-state index contributed by atoms with van der Waals surface area (Å²) in [6, 6.07) is 86.4. The average molecular weight is 939 g/mol. The molecule has 0 aliphatic heterocycles. The molecule has 0 radical (unpaired) electrons. The lowest BCUT2D eigenvalue weighted by atomic mass is 9.91. The van der Waals surface area contributed by atoms with Crippen LogP contribution in [0.3, 0.4) is 0 Å². The van der Waals surface area contributed by atoms with E-state index in [0.717, 1.165) is 12.8 Å². The van der Waals surface area contributed by atoms with Gasteiger partial charge in [-0.25, -0.2) is 0 Å². The molecule has 72 heavy (non-hydrogen) atoms. The highest BCUT2D eigenvalue weighted by Gasteiger charge is 2.10. The molecule has 0 saturated heterocycles. The maximum Gasteiger partial charge on any atom is -0.00196 e. The minimum atomic E-state index is 0.976. The predicted octanol–water partition coefficient (Wildman–Crippen LogP) is 19.7. The summed E-state index contributed by atoms with van der Waals surface area (Å²) in [6.07, 6.45) is 1.96. The van der Waals surface area contributed by atoms with Gasteiger partial charge in [-0.3, -0.25) is 0 Å². The molecule has 0 spiro atoms. The van der Waals surface area contributed by atoms with E-state index in [0.29, 0.717) is 0 Å². The molecular formula is C72H74. The monoisotopic (exact) mass is 939 g/mol.